The zero-order valence-electron chi connectivity index (χ0n) is 21.3. The van der Waals surface area contributed by atoms with Crippen LogP contribution in [0.3, 0.4) is 0 Å². The standard InChI is InChI=1S/C26H20F6N8OS/c27-25(28,29)17-3-1-15(19(11-17)26(30,31)32)10-18(14-2-4-20-16(9-14)12-33-35-20)21-23(41)34-24(42-21)40-7-5-13(6-8-40)22-36-38-39-37-22/h1-4,9-13,41H,5-8H2,(H,33,35)(H,36,37,38,39). The van der Waals surface area contributed by atoms with Gasteiger partial charge in [0.1, 0.15) is 4.88 Å². The highest BCUT2D eigenvalue weighted by Gasteiger charge is 2.38. The van der Waals surface area contributed by atoms with Crippen molar-refractivity contribution in [3.63, 3.8) is 0 Å². The van der Waals surface area contributed by atoms with E-state index in [1.54, 1.807) is 18.2 Å². The van der Waals surface area contributed by atoms with Crippen molar-refractivity contribution in [3.8, 4) is 5.88 Å². The van der Waals surface area contributed by atoms with E-state index in [9.17, 15) is 31.4 Å². The molecule has 0 spiro atoms. The molecule has 2 aromatic carbocycles. The molecule has 1 aliphatic rings. The average molecular weight is 607 g/mol. The van der Waals surface area contributed by atoms with Gasteiger partial charge in [-0.25, -0.2) is 0 Å². The van der Waals surface area contributed by atoms with Gasteiger partial charge in [-0.1, -0.05) is 28.7 Å². The molecule has 0 unspecified atom stereocenters. The highest BCUT2D eigenvalue weighted by Crippen LogP contribution is 2.44. The molecule has 0 saturated carbocycles. The van der Waals surface area contributed by atoms with Gasteiger partial charge in [0.2, 0.25) is 5.88 Å². The third-order valence-corrected chi connectivity index (χ3v) is 8.21. The molecule has 6 rings (SSSR count). The van der Waals surface area contributed by atoms with Crippen LogP contribution in [-0.2, 0) is 12.4 Å². The number of hydrogen-bond donors (Lipinski definition) is 3. The van der Waals surface area contributed by atoms with Gasteiger partial charge in [0, 0.05) is 30.0 Å². The van der Waals surface area contributed by atoms with Crippen molar-refractivity contribution in [1.29, 1.82) is 0 Å². The number of tetrazole rings is 1. The van der Waals surface area contributed by atoms with Gasteiger partial charge in [-0.05, 0) is 54.3 Å². The Kier molecular flexibility index (Phi) is 6.87. The lowest BCUT2D eigenvalue weighted by Crippen LogP contribution is -2.33. The molecule has 0 amide bonds. The molecule has 3 N–H and O–H groups in total. The minimum atomic E-state index is -5.07. The molecule has 3 aromatic heterocycles. The number of alkyl halides is 6. The van der Waals surface area contributed by atoms with Gasteiger partial charge in [0.05, 0.1) is 22.8 Å². The summed E-state index contributed by atoms with van der Waals surface area (Å²) in [6.45, 7) is 1.12. The Hall–Kier alpha value is -4.47. The largest absolute Gasteiger partial charge is 0.492 e. The summed E-state index contributed by atoms with van der Waals surface area (Å²) in [5.41, 5.74) is -2.12. The number of piperidine rings is 1. The van der Waals surface area contributed by atoms with Crippen LogP contribution in [0.5, 0.6) is 5.88 Å². The minimum Gasteiger partial charge on any atom is -0.492 e. The first-order valence-corrected chi connectivity index (χ1v) is 13.4. The van der Waals surface area contributed by atoms with Gasteiger partial charge in [-0.15, -0.1) is 10.2 Å². The number of benzene rings is 2. The van der Waals surface area contributed by atoms with Gasteiger partial charge in [-0.3, -0.25) is 5.10 Å². The van der Waals surface area contributed by atoms with E-state index in [4.69, 9.17) is 0 Å². The van der Waals surface area contributed by atoms with Gasteiger partial charge < -0.3 is 10.0 Å². The summed E-state index contributed by atoms with van der Waals surface area (Å²) in [6, 6.07) is 6.43. The van der Waals surface area contributed by atoms with Crippen molar-refractivity contribution in [2.45, 2.75) is 31.1 Å². The number of thiazole rings is 1. The molecule has 1 fully saturated rings. The molecule has 0 atom stereocenters. The molecule has 16 heteroatoms. The highest BCUT2D eigenvalue weighted by molar-refractivity contribution is 7.17. The van der Waals surface area contributed by atoms with Crippen LogP contribution < -0.4 is 4.90 Å². The molecule has 218 valence electrons. The van der Waals surface area contributed by atoms with Crippen LogP contribution in [-0.4, -0.2) is 54.0 Å². The van der Waals surface area contributed by atoms with E-state index in [-0.39, 0.29) is 22.4 Å². The number of rotatable bonds is 5. The van der Waals surface area contributed by atoms with Crippen molar-refractivity contribution in [3.05, 3.63) is 75.6 Å². The summed E-state index contributed by atoms with van der Waals surface area (Å²) >= 11 is 1.08. The van der Waals surface area contributed by atoms with Crippen LogP contribution in [0.25, 0.3) is 22.6 Å². The monoisotopic (exact) mass is 606 g/mol. The van der Waals surface area contributed by atoms with Crippen LogP contribution in [0.4, 0.5) is 31.5 Å². The van der Waals surface area contributed by atoms with Crippen molar-refractivity contribution >= 4 is 39.0 Å². The van der Waals surface area contributed by atoms with E-state index >= 15 is 0 Å². The number of aromatic nitrogens is 7. The quantitative estimate of drug-likeness (QED) is 0.160. The fourth-order valence-corrected chi connectivity index (χ4v) is 5.98. The maximum absolute atomic E-state index is 14.0. The predicted octanol–water partition coefficient (Wildman–Crippen LogP) is 6.25. The lowest BCUT2D eigenvalue weighted by atomic mass is 9.96. The minimum absolute atomic E-state index is 0.0885. The van der Waals surface area contributed by atoms with Gasteiger partial charge in [-0.2, -0.15) is 41.6 Å². The number of nitrogens with one attached hydrogen (secondary N) is 2. The van der Waals surface area contributed by atoms with E-state index in [0.717, 1.165) is 23.5 Å². The molecule has 9 nitrogen and oxygen atoms in total. The molecular formula is C26H20F6N8OS. The Balaban J connectivity index is 1.43. The lowest BCUT2D eigenvalue weighted by Gasteiger charge is -2.30. The molecule has 1 saturated heterocycles. The number of halogens is 6. The van der Waals surface area contributed by atoms with Crippen LogP contribution in [0, 0.1) is 0 Å². The van der Waals surface area contributed by atoms with Gasteiger partial charge in [0.15, 0.2) is 11.0 Å². The first-order valence-electron chi connectivity index (χ1n) is 12.6. The van der Waals surface area contributed by atoms with E-state index in [2.05, 4.69) is 35.8 Å². The number of nitrogens with zero attached hydrogens (tertiary/aromatic N) is 6. The molecule has 4 heterocycles. The highest BCUT2D eigenvalue weighted by atomic mass is 32.1. The summed E-state index contributed by atoms with van der Waals surface area (Å²) in [5.74, 6) is 0.286. The Morgan fingerprint density at radius 2 is 1.81 bits per heavy atom. The maximum atomic E-state index is 14.0. The second kappa shape index (κ2) is 10.4. The summed E-state index contributed by atoms with van der Waals surface area (Å²) in [4.78, 5) is 6.41. The third-order valence-electron chi connectivity index (χ3n) is 7.07. The summed E-state index contributed by atoms with van der Waals surface area (Å²) in [6.07, 6.45) is -5.99. The first-order chi connectivity index (χ1) is 20.0. The lowest BCUT2D eigenvalue weighted by molar-refractivity contribution is -0.143. The molecular weight excluding hydrogens is 586 g/mol. The summed E-state index contributed by atoms with van der Waals surface area (Å²) in [5, 5.41) is 32.9. The van der Waals surface area contributed by atoms with Gasteiger partial charge in [0.25, 0.3) is 0 Å². The predicted molar refractivity (Wildman–Crippen MR) is 142 cm³/mol. The normalized spacial score (nSPS) is 15.6. The Labute approximate surface area is 236 Å². The second-order valence-electron chi connectivity index (χ2n) is 9.71. The number of hydrogen-bond acceptors (Lipinski definition) is 8. The van der Waals surface area contributed by atoms with Crippen LogP contribution in [0.1, 0.15) is 51.7 Å². The van der Waals surface area contributed by atoms with Crippen LogP contribution >= 0.6 is 11.3 Å². The van der Waals surface area contributed by atoms with E-state index in [0.29, 0.717) is 59.4 Å². The Morgan fingerprint density at radius 1 is 1.02 bits per heavy atom. The molecule has 1 aliphatic heterocycles. The Bertz CT molecular complexity index is 1750. The molecule has 42 heavy (non-hydrogen) atoms. The average Bonchev–Trinajstić information content (AvgIpc) is 3.72. The third kappa shape index (κ3) is 5.41. The number of anilines is 1. The van der Waals surface area contributed by atoms with Gasteiger partial charge >= 0.3 is 12.4 Å². The number of H-pyrrole nitrogens is 2. The van der Waals surface area contributed by atoms with Crippen molar-refractivity contribution < 1.29 is 31.4 Å². The zero-order chi connectivity index (χ0) is 29.6. The summed E-state index contributed by atoms with van der Waals surface area (Å²) in [7, 11) is 0. The fraction of sp³-hybridized carbons (Fsp3) is 0.269. The van der Waals surface area contributed by atoms with E-state index in [1.807, 2.05) is 4.90 Å². The number of aromatic hydroxyl groups is 1. The zero-order valence-corrected chi connectivity index (χ0v) is 22.1. The van der Waals surface area contributed by atoms with Crippen LogP contribution in [0.2, 0.25) is 0 Å². The SMILES string of the molecule is Oc1nc(N2CCC(c3nn[nH]n3)CC2)sc1C(=Cc1ccc(C(F)(F)F)cc1C(F)(F)F)c1ccc2[nH]ncc2c1. The number of aromatic amines is 2. The van der Waals surface area contributed by atoms with Crippen molar-refractivity contribution in [2.24, 2.45) is 0 Å². The van der Waals surface area contributed by atoms with Crippen molar-refractivity contribution in [2.75, 3.05) is 18.0 Å². The Morgan fingerprint density at radius 3 is 2.50 bits per heavy atom. The van der Waals surface area contributed by atoms with E-state index < -0.39 is 34.9 Å². The van der Waals surface area contributed by atoms with Crippen molar-refractivity contribution in [1.82, 2.24) is 35.8 Å². The first kappa shape index (κ1) is 27.7. The topological polar surface area (TPSA) is 120 Å². The number of fused-ring (bicyclic) bond motifs is 1. The summed E-state index contributed by atoms with van der Waals surface area (Å²) < 4.78 is 81.9. The fourth-order valence-electron chi connectivity index (χ4n) is 4.93. The molecule has 0 bridgehead atoms. The molecule has 0 aliphatic carbocycles. The second-order valence-corrected chi connectivity index (χ2v) is 10.7. The molecule has 5 aromatic rings. The van der Waals surface area contributed by atoms with Crippen LogP contribution in [0.15, 0.2) is 42.6 Å². The smallest absolute Gasteiger partial charge is 0.417 e. The van der Waals surface area contributed by atoms with E-state index in [1.165, 1.54) is 6.20 Å². The maximum Gasteiger partial charge on any atom is 0.417 e. The molecule has 0 radical (unpaired) electrons.